The second-order valence-corrected chi connectivity index (χ2v) is 4.45. The molecule has 1 fully saturated rings. The molecule has 0 aromatic rings. The van der Waals surface area contributed by atoms with Crippen molar-refractivity contribution >= 4 is 0 Å². The largest absolute Gasteiger partial charge is 0.349 e. The minimum absolute atomic E-state index is 0.00347. The van der Waals surface area contributed by atoms with Crippen molar-refractivity contribution in [3.63, 3.8) is 0 Å². The van der Waals surface area contributed by atoms with Gasteiger partial charge in [-0.3, -0.25) is 0 Å². The van der Waals surface area contributed by atoms with E-state index >= 15 is 0 Å². The first-order valence-corrected chi connectivity index (χ1v) is 5.13. The normalized spacial score (nSPS) is 41.2. The molecule has 2 atom stereocenters. The van der Waals surface area contributed by atoms with E-state index < -0.39 is 0 Å². The summed E-state index contributed by atoms with van der Waals surface area (Å²) in [5.41, 5.74) is 0.114. The van der Waals surface area contributed by atoms with Crippen LogP contribution in [-0.2, 0) is 9.47 Å². The van der Waals surface area contributed by atoms with E-state index in [2.05, 4.69) is 26.0 Å². The second kappa shape index (κ2) is 3.43. The van der Waals surface area contributed by atoms with E-state index in [0.29, 0.717) is 0 Å². The molecule has 0 N–H and O–H groups in total. The van der Waals surface area contributed by atoms with E-state index in [-0.39, 0.29) is 11.7 Å². The summed E-state index contributed by atoms with van der Waals surface area (Å²) in [6.45, 7) is 5.99. The minimum Gasteiger partial charge on any atom is -0.349 e. The summed E-state index contributed by atoms with van der Waals surface area (Å²) in [6, 6.07) is 0. The van der Waals surface area contributed by atoms with Crippen molar-refractivity contribution in [1.82, 2.24) is 0 Å². The van der Waals surface area contributed by atoms with Crippen LogP contribution in [0.4, 0.5) is 0 Å². The molecule has 1 aliphatic carbocycles. The van der Waals surface area contributed by atoms with Crippen LogP contribution in [-0.4, -0.2) is 19.5 Å². The zero-order valence-electron chi connectivity index (χ0n) is 8.45. The van der Waals surface area contributed by atoms with Gasteiger partial charge in [-0.1, -0.05) is 26.0 Å². The van der Waals surface area contributed by atoms with Gasteiger partial charge >= 0.3 is 0 Å². The molecule has 74 valence electrons. The Morgan fingerprint density at radius 1 is 1.31 bits per heavy atom. The molecule has 0 unspecified atom stereocenters. The molecule has 0 aromatic carbocycles. The lowest BCUT2D eigenvalue weighted by Crippen LogP contribution is -2.33. The summed E-state index contributed by atoms with van der Waals surface area (Å²) in [4.78, 5) is 0. The van der Waals surface area contributed by atoms with Crippen LogP contribution in [0, 0.1) is 11.3 Å². The smallest absolute Gasteiger partial charge is 0.166 e. The summed E-state index contributed by atoms with van der Waals surface area (Å²) in [6.07, 6.45) is 6.98. The average Bonchev–Trinajstić information content (AvgIpc) is 2.63. The summed E-state index contributed by atoms with van der Waals surface area (Å²) in [7, 11) is 0. The second-order valence-electron chi connectivity index (χ2n) is 4.45. The van der Waals surface area contributed by atoms with Crippen LogP contribution in [0.15, 0.2) is 12.2 Å². The van der Waals surface area contributed by atoms with Gasteiger partial charge in [-0.05, 0) is 18.8 Å². The third kappa shape index (κ3) is 1.79. The maximum absolute atomic E-state index is 5.56. The Balaban J connectivity index is 2.06. The van der Waals surface area contributed by atoms with E-state index in [1.807, 2.05) is 0 Å². The van der Waals surface area contributed by atoms with E-state index in [1.165, 1.54) is 12.8 Å². The fourth-order valence-electron chi connectivity index (χ4n) is 2.04. The van der Waals surface area contributed by atoms with Crippen molar-refractivity contribution in [2.24, 2.45) is 11.3 Å². The number of hydrogen-bond acceptors (Lipinski definition) is 2. The summed E-state index contributed by atoms with van der Waals surface area (Å²) < 4.78 is 11.1. The first-order chi connectivity index (χ1) is 6.21. The van der Waals surface area contributed by atoms with E-state index in [0.717, 1.165) is 19.1 Å². The van der Waals surface area contributed by atoms with Crippen molar-refractivity contribution in [2.45, 2.75) is 33.0 Å². The van der Waals surface area contributed by atoms with Gasteiger partial charge in [-0.25, -0.2) is 0 Å². The molecule has 2 nitrogen and oxygen atoms in total. The van der Waals surface area contributed by atoms with Crippen molar-refractivity contribution in [1.29, 1.82) is 0 Å². The Bertz CT molecular complexity index is 206. The first-order valence-electron chi connectivity index (χ1n) is 5.13. The molecule has 0 amide bonds. The van der Waals surface area contributed by atoms with Crippen LogP contribution in [0.25, 0.3) is 0 Å². The van der Waals surface area contributed by atoms with E-state index in [9.17, 15) is 0 Å². The molecule has 1 aliphatic heterocycles. The monoisotopic (exact) mass is 182 g/mol. The molecule has 0 aromatic heterocycles. The van der Waals surface area contributed by atoms with Crippen LogP contribution in [0.1, 0.15) is 26.7 Å². The predicted octanol–water partition coefficient (Wildman–Crippen LogP) is 2.35. The highest BCUT2D eigenvalue weighted by Gasteiger charge is 2.37. The fourth-order valence-corrected chi connectivity index (χ4v) is 2.04. The minimum atomic E-state index is -0.00347. The van der Waals surface area contributed by atoms with Crippen LogP contribution in [0.3, 0.4) is 0 Å². The average molecular weight is 182 g/mol. The SMILES string of the molecule is C[C@@H]1C=C[C@@](C)(C2OCCO2)CC1. The quantitative estimate of drug-likeness (QED) is 0.579. The van der Waals surface area contributed by atoms with E-state index in [1.54, 1.807) is 0 Å². The molecular weight excluding hydrogens is 164 g/mol. The molecule has 0 bridgehead atoms. The van der Waals surface area contributed by atoms with Gasteiger partial charge in [0.1, 0.15) is 0 Å². The van der Waals surface area contributed by atoms with Gasteiger partial charge < -0.3 is 9.47 Å². The Morgan fingerprint density at radius 3 is 2.54 bits per heavy atom. The maximum Gasteiger partial charge on any atom is 0.166 e. The predicted molar refractivity (Wildman–Crippen MR) is 51.3 cm³/mol. The van der Waals surface area contributed by atoms with Gasteiger partial charge in [0, 0.05) is 5.41 Å². The highest BCUT2D eigenvalue weighted by molar-refractivity contribution is 5.05. The first kappa shape index (κ1) is 9.22. The Hall–Kier alpha value is -0.340. The van der Waals surface area contributed by atoms with Crippen LogP contribution >= 0.6 is 0 Å². The van der Waals surface area contributed by atoms with Crippen LogP contribution < -0.4 is 0 Å². The summed E-state index contributed by atoms with van der Waals surface area (Å²) in [5.74, 6) is 0.717. The van der Waals surface area contributed by atoms with Crippen molar-refractivity contribution < 1.29 is 9.47 Å². The van der Waals surface area contributed by atoms with Crippen molar-refractivity contribution in [3.05, 3.63) is 12.2 Å². The molecule has 2 heteroatoms. The number of ether oxygens (including phenoxy) is 2. The van der Waals surface area contributed by atoms with Gasteiger partial charge in [0.25, 0.3) is 0 Å². The lowest BCUT2D eigenvalue weighted by Gasteiger charge is -2.34. The lowest BCUT2D eigenvalue weighted by molar-refractivity contribution is -0.113. The van der Waals surface area contributed by atoms with Gasteiger partial charge in [-0.15, -0.1) is 0 Å². The molecule has 1 saturated heterocycles. The topological polar surface area (TPSA) is 18.5 Å². The highest BCUT2D eigenvalue weighted by Crippen LogP contribution is 2.39. The van der Waals surface area contributed by atoms with Crippen LogP contribution in [0.5, 0.6) is 0 Å². The standard InChI is InChI=1S/C11H18O2/c1-9-3-5-11(2,6-4-9)10-12-7-8-13-10/h3,5,9-10H,4,6-8H2,1-2H3/t9-,11-/m1/s1. The van der Waals surface area contributed by atoms with Gasteiger partial charge in [0.15, 0.2) is 6.29 Å². The van der Waals surface area contributed by atoms with Crippen molar-refractivity contribution in [2.75, 3.05) is 13.2 Å². The summed E-state index contributed by atoms with van der Waals surface area (Å²) >= 11 is 0. The Kier molecular flexibility index (Phi) is 2.43. The third-order valence-corrected chi connectivity index (χ3v) is 3.10. The van der Waals surface area contributed by atoms with Crippen molar-refractivity contribution in [3.8, 4) is 0 Å². The molecule has 2 rings (SSSR count). The molecule has 0 spiro atoms. The van der Waals surface area contributed by atoms with Gasteiger partial charge in [0.05, 0.1) is 13.2 Å². The number of rotatable bonds is 1. The molecule has 1 heterocycles. The number of allylic oxidation sites excluding steroid dienone is 1. The molecule has 13 heavy (non-hydrogen) atoms. The zero-order valence-corrected chi connectivity index (χ0v) is 8.45. The maximum atomic E-state index is 5.56. The molecule has 2 aliphatic rings. The lowest BCUT2D eigenvalue weighted by atomic mass is 9.77. The molecule has 0 radical (unpaired) electrons. The Labute approximate surface area is 79.9 Å². The van der Waals surface area contributed by atoms with Gasteiger partial charge in [-0.2, -0.15) is 0 Å². The van der Waals surface area contributed by atoms with Gasteiger partial charge in [0.2, 0.25) is 0 Å². The highest BCUT2D eigenvalue weighted by atomic mass is 16.7. The summed E-state index contributed by atoms with van der Waals surface area (Å²) in [5, 5.41) is 0. The zero-order chi connectivity index (χ0) is 9.31. The fraction of sp³-hybridized carbons (Fsp3) is 0.818. The molecule has 0 saturated carbocycles. The Morgan fingerprint density at radius 2 is 2.00 bits per heavy atom. The third-order valence-electron chi connectivity index (χ3n) is 3.10. The van der Waals surface area contributed by atoms with E-state index in [4.69, 9.17) is 9.47 Å². The number of hydrogen-bond donors (Lipinski definition) is 0. The van der Waals surface area contributed by atoms with Crippen LogP contribution in [0.2, 0.25) is 0 Å². The molecular formula is C11H18O2.